The van der Waals surface area contributed by atoms with Crippen molar-refractivity contribution in [1.29, 1.82) is 5.26 Å². The third-order valence-electron chi connectivity index (χ3n) is 3.85. The molecule has 0 saturated carbocycles. The zero-order valence-electron chi connectivity index (χ0n) is 14.8. The summed E-state index contributed by atoms with van der Waals surface area (Å²) in [5, 5.41) is 11.7. The molecule has 0 spiro atoms. The Bertz CT molecular complexity index is 916. The van der Waals surface area contributed by atoms with E-state index < -0.39 is 10.0 Å². The minimum absolute atomic E-state index is 0.000615. The van der Waals surface area contributed by atoms with Gasteiger partial charge in [0, 0.05) is 18.7 Å². The highest BCUT2D eigenvalue weighted by Gasteiger charge is 2.19. The molecule has 26 heavy (non-hydrogen) atoms. The first-order valence-corrected chi connectivity index (χ1v) is 10.0. The third-order valence-corrected chi connectivity index (χ3v) is 5.05. The van der Waals surface area contributed by atoms with E-state index in [1.807, 2.05) is 30.3 Å². The number of hydrogen-bond donors (Lipinski definition) is 1. The molecule has 0 heterocycles. The standard InChI is InChI=1S/C19H21N3O3S/c1-3-15-7-9-17(10-8-15)21-19(23)11-12-22(26(2,24)25)18-6-4-5-16(13-18)14-20/h4-10,13H,3,11-12H2,1-2H3,(H,21,23). The van der Waals surface area contributed by atoms with E-state index in [4.69, 9.17) is 5.26 Å². The molecule has 136 valence electrons. The molecule has 2 aromatic carbocycles. The van der Waals surface area contributed by atoms with Gasteiger partial charge in [-0.2, -0.15) is 5.26 Å². The number of anilines is 2. The maximum absolute atomic E-state index is 12.2. The summed E-state index contributed by atoms with van der Waals surface area (Å²) in [6, 6.07) is 15.8. The van der Waals surface area contributed by atoms with Gasteiger partial charge >= 0.3 is 0 Å². The molecule has 1 N–H and O–H groups in total. The lowest BCUT2D eigenvalue weighted by Gasteiger charge is -2.22. The van der Waals surface area contributed by atoms with Gasteiger partial charge in [0.25, 0.3) is 0 Å². The number of nitrogens with zero attached hydrogens (tertiary/aromatic N) is 2. The number of amides is 1. The van der Waals surface area contributed by atoms with Crippen LogP contribution in [0.5, 0.6) is 0 Å². The summed E-state index contributed by atoms with van der Waals surface area (Å²) < 4.78 is 25.3. The van der Waals surface area contributed by atoms with E-state index in [0.29, 0.717) is 16.9 Å². The zero-order chi connectivity index (χ0) is 19.2. The van der Waals surface area contributed by atoms with Crippen LogP contribution in [0.15, 0.2) is 48.5 Å². The van der Waals surface area contributed by atoms with Crippen molar-refractivity contribution >= 4 is 27.3 Å². The Balaban J connectivity index is 2.07. The van der Waals surface area contributed by atoms with Crippen LogP contribution in [0, 0.1) is 11.3 Å². The van der Waals surface area contributed by atoms with Crippen LogP contribution in [0.25, 0.3) is 0 Å². The first-order valence-electron chi connectivity index (χ1n) is 8.20. The first-order chi connectivity index (χ1) is 12.3. The molecule has 0 aliphatic heterocycles. The average Bonchev–Trinajstić information content (AvgIpc) is 2.61. The minimum Gasteiger partial charge on any atom is -0.326 e. The quantitative estimate of drug-likeness (QED) is 0.810. The molecule has 0 aromatic heterocycles. The predicted molar refractivity (Wildman–Crippen MR) is 102 cm³/mol. The molecule has 0 unspecified atom stereocenters. The topological polar surface area (TPSA) is 90.3 Å². The van der Waals surface area contributed by atoms with E-state index >= 15 is 0 Å². The second-order valence-corrected chi connectivity index (χ2v) is 7.75. The van der Waals surface area contributed by atoms with E-state index in [1.54, 1.807) is 18.2 Å². The summed E-state index contributed by atoms with van der Waals surface area (Å²) >= 11 is 0. The Morgan fingerprint density at radius 3 is 2.46 bits per heavy atom. The van der Waals surface area contributed by atoms with Crippen LogP contribution in [-0.4, -0.2) is 27.1 Å². The molecule has 0 aliphatic rings. The Morgan fingerprint density at radius 1 is 1.19 bits per heavy atom. The van der Waals surface area contributed by atoms with Crippen molar-refractivity contribution in [1.82, 2.24) is 0 Å². The molecule has 1 amide bonds. The second kappa shape index (κ2) is 8.50. The highest BCUT2D eigenvalue weighted by Crippen LogP contribution is 2.19. The zero-order valence-corrected chi connectivity index (χ0v) is 15.6. The molecule has 0 fully saturated rings. The first kappa shape index (κ1) is 19.5. The van der Waals surface area contributed by atoms with Crippen molar-refractivity contribution in [3.8, 4) is 6.07 Å². The van der Waals surface area contributed by atoms with Crippen LogP contribution in [0.2, 0.25) is 0 Å². The minimum atomic E-state index is -3.58. The normalized spacial score (nSPS) is 10.8. The smallest absolute Gasteiger partial charge is 0.232 e. The SMILES string of the molecule is CCc1ccc(NC(=O)CCN(c2cccc(C#N)c2)S(C)(=O)=O)cc1. The maximum atomic E-state index is 12.2. The lowest BCUT2D eigenvalue weighted by molar-refractivity contribution is -0.116. The lowest BCUT2D eigenvalue weighted by atomic mass is 10.1. The largest absolute Gasteiger partial charge is 0.326 e. The molecular weight excluding hydrogens is 350 g/mol. The molecule has 7 heteroatoms. The van der Waals surface area contributed by atoms with E-state index in [0.717, 1.165) is 17.0 Å². The molecular formula is C19H21N3O3S. The maximum Gasteiger partial charge on any atom is 0.232 e. The number of carbonyl (C=O) groups is 1. The number of nitrogens with one attached hydrogen (secondary N) is 1. The number of nitriles is 1. The van der Waals surface area contributed by atoms with Crippen LogP contribution in [-0.2, 0) is 21.2 Å². The van der Waals surface area contributed by atoms with Gasteiger partial charge in [-0.05, 0) is 42.3 Å². The summed E-state index contributed by atoms with van der Waals surface area (Å²) in [4.78, 5) is 12.2. The summed E-state index contributed by atoms with van der Waals surface area (Å²) in [7, 11) is -3.58. The molecule has 0 atom stereocenters. The molecule has 2 rings (SSSR count). The summed E-state index contributed by atoms with van der Waals surface area (Å²) in [5.74, 6) is -0.278. The molecule has 6 nitrogen and oxygen atoms in total. The summed E-state index contributed by atoms with van der Waals surface area (Å²) in [6.45, 7) is 2.04. The van der Waals surface area contributed by atoms with Crippen LogP contribution in [0.4, 0.5) is 11.4 Å². The molecule has 2 aromatic rings. The lowest BCUT2D eigenvalue weighted by Crippen LogP contribution is -2.33. The van der Waals surface area contributed by atoms with Gasteiger partial charge in [0.2, 0.25) is 15.9 Å². The molecule has 0 saturated heterocycles. The van der Waals surface area contributed by atoms with Crippen LogP contribution in [0.3, 0.4) is 0 Å². The van der Waals surface area contributed by atoms with Gasteiger partial charge in [-0.15, -0.1) is 0 Å². The molecule has 0 radical (unpaired) electrons. The van der Waals surface area contributed by atoms with E-state index in [-0.39, 0.29) is 18.9 Å². The van der Waals surface area contributed by atoms with Crippen molar-refractivity contribution in [2.75, 3.05) is 22.4 Å². The van der Waals surface area contributed by atoms with E-state index in [2.05, 4.69) is 12.2 Å². The average molecular weight is 371 g/mol. The number of hydrogen-bond acceptors (Lipinski definition) is 4. The number of benzene rings is 2. The number of carbonyl (C=O) groups excluding carboxylic acids is 1. The predicted octanol–water partition coefficient (Wildman–Crippen LogP) is 2.92. The third kappa shape index (κ3) is 5.33. The highest BCUT2D eigenvalue weighted by atomic mass is 32.2. The van der Waals surface area contributed by atoms with Crippen LogP contribution < -0.4 is 9.62 Å². The number of aryl methyl sites for hydroxylation is 1. The van der Waals surface area contributed by atoms with Crippen molar-refractivity contribution in [3.63, 3.8) is 0 Å². The van der Waals surface area contributed by atoms with Gasteiger partial charge in [0.1, 0.15) is 0 Å². The monoisotopic (exact) mass is 371 g/mol. The Kier molecular flexibility index (Phi) is 6.36. The fourth-order valence-corrected chi connectivity index (χ4v) is 3.39. The van der Waals surface area contributed by atoms with Crippen LogP contribution >= 0.6 is 0 Å². The number of sulfonamides is 1. The van der Waals surface area contributed by atoms with Gasteiger partial charge in [-0.25, -0.2) is 8.42 Å². The Labute approximate surface area is 154 Å². The van der Waals surface area contributed by atoms with Crippen molar-refractivity contribution in [2.45, 2.75) is 19.8 Å². The van der Waals surface area contributed by atoms with Crippen molar-refractivity contribution in [3.05, 3.63) is 59.7 Å². The van der Waals surface area contributed by atoms with E-state index in [1.165, 1.54) is 11.6 Å². The van der Waals surface area contributed by atoms with E-state index in [9.17, 15) is 13.2 Å². The Hall–Kier alpha value is -2.85. The fraction of sp³-hybridized carbons (Fsp3) is 0.263. The van der Waals surface area contributed by atoms with Crippen molar-refractivity contribution in [2.24, 2.45) is 0 Å². The van der Waals surface area contributed by atoms with Gasteiger partial charge in [-0.3, -0.25) is 9.10 Å². The van der Waals surface area contributed by atoms with Gasteiger partial charge in [-0.1, -0.05) is 25.1 Å². The summed E-state index contributed by atoms with van der Waals surface area (Å²) in [6.07, 6.45) is 1.99. The fourth-order valence-electron chi connectivity index (χ4n) is 2.47. The second-order valence-electron chi connectivity index (χ2n) is 5.85. The Morgan fingerprint density at radius 2 is 1.88 bits per heavy atom. The van der Waals surface area contributed by atoms with Gasteiger partial charge < -0.3 is 5.32 Å². The highest BCUT2D eigenvalue weighted by molar-refractivity contribution is 7.92. The number of rotatable bonds is 7. The summed E-state index contributed by atoms with van der Waals surface area (Å²) in [5.41, 5.74) is 2.57. The molecule has 0 bridgehead atoms. The molecule has 0 aliphatic carbocycles. The van der Waals surface area contributed by atoms with Gasteiger partial charge in [0.15, 0.2) is 0 Å². The van der Waals surface area contributed by atoms with Gasteiger partial charge in [0.05, 0.1) is 23.6 Å². The van der Waals surface area contributed by atoms with Crippen molar-refractivity contribution < 1.29 is 13.2 Å². The van der Waals surface area contributed by atoms with Crippen LogP contribution in [0.1, 0.15) is 24.5 Å².